The summed E-state index contributed by atoms with van der Waals surface area (Å²) in [5.74, 6) is 0.535. The molecule has 1 aliphatic rings. The van der Waals surface area contributed by atoms with E-state index in [4.69, 9.17) is 4.74 Å². The molecule has 25 heavy (non-hydrogen) atoms. The number of methoxy groups -OCH3 is 1. The number of alkyl halides is 1. The summed E-state index contributed by atoms with van der Waals surface area (Å²) in [6.07, 6.45) is 3.35. The molecule has 3 aromatic rings. The first-order valence-electron chi connectivity index (χ1n) is 8.38. The van der Waals surface area contributed by atoms with Crippen molar-refractivity contribution in [2.45, 2.75) is 25.4 Å². The summed E-state index contributed by atoms with van der Waals surface area (Å²) in [6.45, 7) is 3.28. The third-order valence-electron chi connectivity index (χ3n) is 4.78. The summed E-state index contributed by atoms with van der Waals surface area (Å²) in [7, 11) is 1.53. The number of fused-ring (bicyclic) bond motifs is 1. The van der Waals surface area contributed by atoms with Crippen LogP contribution in [0.2, 0.25) is 0 Å². The minimum absolute atomic E-state index is 0.0889. The Bertz CT molecular complexity index is 910. The maximum Gasteiger partial charge on any atom is 0.318 e. The average molecular weight is 341 g/mol. The second-order valence-electron chi connectivity index (χ2n) is 6.34. The van der Waals surface area contributed by atoms with Crippen LogP contribution in [0.5, 0.6) is 6.01 Å². The van der Waals surface area contributed by atoms with Gasteiger partial charge in [-0.25, -0.2) is 14.1 Å². The van der Waals surface area contributed by atoms with E-state index in [1.54, 1.807) is 23.1 Å². The van der Waals surface area contributed by atoms with Gasteiger partial charge in [0.2, 0.25) is 0 Å². The Hall–Kier alpha value is -2.54. The molecule has 2 aromatic heterocycles. The van der Waals surface area contributed by atoms with Gasteiger partial charge in [-0.3, -0.25) is 0 Å². The van der Waals surface area contributed by atoms with E-state index in [1.165, 1.54) is 7.11 Å². The normalized spacial score (nSPS) is 20.8. The number of nitrogens with zero attached hydrogens (tertiary/aromatic N) is 4. The third-order valence-corrected chi connectivity index (χ3v) is 4.78. The van der Waals surface area contributed by atoms with E-state index in [0.29, 0.717) is 12.4 Å². The molecule has 130 valence electrons. The van der Waals surface area contributed by atoms with Crippen molar-refractivity contribution in [2.75, 3.05) is 20.2 Å². The lowest BCUT2D eigenvalue weighted by atomic mass is 9.85. The molecule has 0 saturated carbocycles. The summed E-state index contributed by atoms with van der Waals surface area (Å²) < 4.78 is 21.3. The Morgan fingerprint density at radius 2 is 2.24 bits per heavy atom. The minimum atomic E-state index is -0.875. The molecule has 1 N–H and O–H groups in total. The van der Waals surface area contributed by atoms with Crippen LogP contribution >= 0.6 is 0 Å². The van der Waals surface area contributed by atoms with Gasteiger partial charge in [0.1, 0.15) is 6.17 Å². The molecule has 0 radical (unpaired) electrons. The molecule has 1 aromatic carbocycles. The van der Waals surface area contributed by atoms with Crippen LogP contribution in [-0.2, 0) is 0 Å². The molecule has 6 nitrogen and oxygen atoms in total. The van der Waals surface area contributed by atoms with Gasteiger partial charge in [0.05, 0.1) is 18.8 Å². The van der Waals surface area contributed by atoms with Crippen molar-refractivity contribution in [3.63, 3.8) is 0 Å². The molecule has 2 atom stereocenters. The zero-order valence-corrected chi connectivity index (χ0v) is 14.2. The zero-order chi connectivity index (χ0) is 17.4. The quantitative estimate of drug-likeness (QED) is 0.793. The highest BCUT2D eigenvalue weighted by Gasteiger charge is 2.27. The average Bonchev–Trinajstić information content (AvgIpc) is 3.04. The Balaban J connectivity index is 1.83. The van der Waals surface area contributed by atoms with Crippen LogP contribution in [0.1, 0.15) is 23.5 Å². The maximum absolute atomic E-state index is 14.4. The largest absolute Gasteiger partial charge is 0.467 e. The molecule has 0 amide bonds. The fourth-order valence-electron chi connectivity index (χ4n) is 3.51. The molecule has 3 heterocycles. The number of aryl methyl sites for hydroxylation is 1. The highest BCUT2D eigenvalue weighted by molar-refractivity contribution is 5.82. The topological polar surface area (TPSA) is 64.9 Å². The zero-order valence-electron chi connectivity index (χ0n) is 14.2. The maximum atomic E-state index is 14.4. The van der Waals surface area contributed by atoms with E-state index >= 15 is 0 Å². The number of ether oxygens (including phenoxy) is 1. The lowest BCUT2D eigenvalue weighted by molar-refractivity contribution is 0.231. The first-order chi connectivity index (χ1) is 12.2. The van der Waals surface area contributed by atoms with Crippen LogP contribution in [0.4, 0.5) is 4.39 Å². The van der Waals surface area contributed by atoms with E-state index in [-0.39, 0.29) is 11.9 Å². The van der Waals surface area contributed by atoms with Gasteiger partial charge < -0.3 is 10.1 Å². The van der Waals surface area contributed by atoms with Crippen molar-refractivity contribution < 1.29 is 9.13 Å². The van der Waals surface area contributed by atoms with E-state index in [2.05, 4.69) is 32.5 Å². The summed E-state index contributed by atoms with van der Waals surface area (Å²) in [4.78, 5) is 8.38. The number of aromatic nitrogens is 4. The first-order valence-corrected chi connectivity index (χ1v) is 8.38. The minimum Gasteiger partial charge on any atom is -0.467 e. The SMILES string of the molecule is COc1nccc(-n2ncc3cc(C)c(C4CCNCC4F)cc32)n1. The Morgan fingerprint density at radius 1 is 1.36 bits per heavy atom. The van der Waals surface area contributed by atoms with Gasteiger partial charge in [0, 0.05) is 30.1 Å². The van der Waals surface area contributed by atoms with Gasteiger partial charge in [0.25, 0.3) is 0 Å². The lowest BCUT2D eigenvalue weighted by Crippen LogP contribution is -2.36. The van der Waals surface area contributed by atoms with Gasteiger partial charge in [0.15, 0.2) is 5.82 Å². The van der Waals surface area contributed by atoms with Crippen LogP contribution in [0.25, 0.3) is 16.7 Å². The second-order valence-corrected chi connectivity index (χ2v) is 6.34. The summed E-state index contributed by atoms with van der Waals surface area (Å²) in [5, 5.41) is 8.57. The van der Waals surface area contributed by atoms with Crippen molar-refractivity contribution in [1.82, 2.24) is 25.1 Å². The fraction of sp³-hybridized carbons (Fsp3) is 0.389. The molecule has 2 unspecified atom stereocenters. The number of hydrogen-bond acceptors (Lipinski definition) is 5. The Kier molecular flexibility index (Phi) is 4.09. The number of piperidine rings is 1. The van der Waals surface area contributed by atoms with Crippen molar-refractivity contribution in [2.24, 2.45) is 0 Å². The molecule has 7 heteroatoms. The number of benzene rings is 1. The number of halogens is 1. The van der Waals surface area contributed by atoms with Gasteiger partial charge >= 0.3 is 6.01 Å². The summed E-state index contributed by atoms with van der Waals surface area (Å²) in [6, 6.07) is 6.18. The third kappa shape index (κ3) is 2.84. The molecule has 1 fully saturated rings. The predicted octanol–water partition coefficient (Wildman–Crippen LogP) is 2.55. The molecule has 1 saturated heterocycles. The number of rotatable bonds is 3. The Morgan fingerprint density at radius 3 is 3.04 bits per heavy atom. The standard InChI is InChI=1S/C18H20FN5O/c1-11-7-12-9-22-24(17-4-6-21-18(23-17)25-2)16(12)8-14(11)13-3-5-20-10-15(13)19/h4,6-9,13,15,20H,3,5,10H2,1-2H3. The van der Waals surface area contributed by atoms with Gasteiger partial charge in [-0.1, -0.05) is 0 Å². The number of nitrogens with one attached hydrogen (secondary N) is 1. The van der Waals surface area contributed by atoms with Crippen LogP contribution in [0.15, 0.2) is 30.6 Å². The summed E-state index contributed by atoms with van der Waals surface area (Å²) >= 11 is 0. The van der Waals surface area contributed by atoms with Gasteiger partial charge in [-0.15, -0.1) is 0 Å². The van der Waals surface area contributed by atoms with Gasteiger partial charge in [-0.05, 0) is 43.1 Å². The van der Waals surface area contributed by atoms with Crippen LogP contribution in [-0.4, -0.2) is 46.1 Å². The highest BCUT2D eigenvalue weighted by Crippen LogP contribution is 2.33. The molecule has 4 rings (SSSR count). The monoisotopic (exact) mass is 341 g/mol. The highest BCUT2D eigenvalue weighted by atomic mass is 19.1. The van der Waals surface area contributed by atoms with E-state index in [9.17, 15) is 4.39 Å². The van der Waals surface area contributed by atoms with Crippen molar-refractivity contribution in [3.05, 3.63) is 41.7 Å². The molecule has 1 aliphatic heterocycles. The van der Waals surface area contributed by atoms with Gasteiger partial charge in [-0.2, -0.15) is 10.1 Å². The van der Waals surface area contributed by atoms with E-state index in [1.807, 2.05) is 6.92 Å². The Labute approximate surface area is 145 Å². The van der Waals surface area contributed by atoms with Crippen LogP contribution < -0.4 is 10.1 Å². The predicted molar refractivity (Wildman–Crippen MR) is 93.1 cm³/mol. The van der Waals surface area contributed by atoms with Crippen molar-refractivity contribution in [3.8, 4) is 11.8 Å². The lowest BCUT2D eigenvalue weighted by Gasteiger charge is -2.28. The van der Waals surface area contributed by atoms with Crippen LogP contribution in [0.3, 0.4) is 0 Å². The molecular weight excluding hydrogens is 321 g/mol. The number of hydrogen-bond donors (Lipinski definition) is 1. The molecule has 0 aliphatic carbocycles. The molecule has 0 spiro atoms. The fourth-order valence-corrected chi connectivity index (χ4v) is 3.51. The smallest absolute Gasteiger partial charge is 0.318 e. The second kappa shape index (κ2) is 6.40. The van der Waals surface area contributed by atoms with Crippen LogP contribution in [0, 0.1) is 6.92 Å². The van der Waals surface area contributed by atoms with E-state index in [0.717, 1.165) is 35.0 Å². The van der Waals surface area contributed by atoms with Crippen molar-refractivity contribution >= 4 is 10.9 Å². The van der Waals surface area contributed by atoms with E-state index < -0.39 is 6.17 Å². The summed E-state index contributed by atoms with van der Waals surface area (Å²) in [5.41, 5.74) is 3.05. The first kappa shape index (κ1) is 16.0. The molecular formula is C18H20FN5O. The van der Waals surface area contributed by atoms with Crippen molar-refractivity contribution in [1.29, 1.82) is 0 Å². The molecule has 0 bridgehead atoms.